The molecule has 0 spiro atoms. The van der Waals surface area contributed by atoms with E-state index >= 15 is 0 Å². The van der Waals surface area contributed by atoms with Crippen molar-refractivity contribution < 1.29 is 0 Å². The Morgan fingerprint density at radius 3 is 3.12 bits per heavy atom. The summed E-state index contributed by atoms with van der Waals surface area (Å²) >= 11 is 6.27. The van der Waals surface area contributed by atoms with Crippen LogP contribution >= 0.6 is 11.6 Å². The molecule has 2 heterocycles. The summed E-state index contributed by atoms with van der Waals surface area (Å²) < 4.78 is 2.28. The zero-order valence-electron chi connectivity index (χ0n) is 9.20. The van der Waals surface area contributed by atoms with Crippen molar-refractivity contribution in [3.05, 3.63) is 29.0 Å². The summed E-state index contributed by atoms with van der Waals surface area (Å²) in [6, 6.07) is 6.40. The number of rotatable bonds is 1. The first-order valence-electron chi connectivity index (χ1n) is 5.61. The van der Waals surface area contributed by atoms with Gasteiger partial charge in [0.2, 0.25) is 0 Å². The average molecular weight is 236 g/mol. The van der Waals surface area contributed by atoms with Crippen molar-refractivity contribution in [2.45, 2.75) is 19.4 Å². The maximum atomic E-state index is 6.27. The monoisotopic (exact) mass is 235 g/mol. The van der Waals surface area contributed by atoms with Crippen LogP contribution in [0.3, 0.4) is 0 Å². The lowest BCUT2D eigenvalue weighted by atomic mass is 10.2. The summed E-state index contributed by atoms with van der Waals surface area (Å²) in [5.41, 5.74) is 2.08. The highest BCUT2D eigenvalue weighted by Gasteiger charge is 2.21. The van der Waals surface area contributed by atoms with Gasteiger partial charge in [-0.1, -0.05) is 17.7 Å². The van der Waals surface area contributed by atoms with Crippen LogP contribution in [0.25, 0.3) is 11.0 Å². The fraction of sp³-hybridized carbons (Fsp3) is 0.417. The lowest BCUT2D eigenvalue weighted by Gasteiger charge is -2.14. The number of imidazole rings is 1. The molecule has 1 saturated heterocycles. The lowest BCUT2D eigenvalue weighted by Crippen LogP contribution is -2.14. The van der Waals surface area contributed by atoms with Gasteiger partial charge < -0.3 is 9.88 Å². The van der Waals surface area contributed by atoms with Gasteiger partial charge in [-0.2, -0.15) is 0 Å². The number of aromatic nitrogens is 2. The van der Waals surface area contributed by atoms with Crippen molar-refractivity contribution in [2.75, 3.05) is 13.1 Å². The topological polar surface area (TPSA) is 29.9 Å². The van der Waals surface area contributed by atoms with Gasteiger partial charge in [-0.25, -0.2) is 4.98 Å². The molecule has 16 heavy (non-hydrogen) atoms. The van der Waals surface area contributed by atoms with E-state index in [1.54, 1.807) is 0 Å². The van der Waals surface area contributed by atoms with Crippen LogP contribution in [0.2, 0.25) is 5.02 Å². The van der Waals surface area contributed by atoms with Crippen molar-refractivity contribution >= 4 is 22.6 Å². The Labute approximate surface area is 99.4 Å². The van der Waals surface area contributed by atoms with E-state index in [-0.39, 0.29) is 0 Å². The van der Waals surface area contributed by atoms with Gasteiger partial charge in [0.05, 0.1) is 16.1 Å². The number of halogens is 1. The normalized spacial score (nSPS) is 20.8. The molecule has 0 aliphatic carbocycles. The van der Waals surface area contributed by atoms with Crippen LogP contribution in [0.15, 0.2) is 18.2 Å². The van der Waals surface area contributed by atoms with Crippen molar-refractivity contribution in [1.29, 1.82) is 0 Å². The zero-order valence-corrected chi connectivity index (χ0v) is 9.96. The van der Waals surface area contributed by atoms with Gasteiger partial charge in [-0.15, -0.1) is 0 Å². The van der Waals surface area contributed by atoms with Crippen LogP contribution in [0, 0.1) is 6.92 Å². The van der Waals surface area contributed by atoms with Crippen LogP contribution in [0.4, 0.5) is 0 Å². The second-order valence-electron chi connectivity index (χ2n) is 4.28. The molecule has 1 unspecified atom stereocenters. The number of hydrogen-bond donors (Lipinski definition) is 1. The molecule has 1 atom stereocenters. The number of hydrogen-bond acceptors (Lipinski definition) is 2. The third-order valence-electron chi connectivity index (χ3n) is 3.24. The van der Waals surface area contributed by atoms with Crippen LogP contribution in [-0.4, -0.2) is 22.6 Å². The summed E-state index contributed by atoms with van der Waals surface area (Å²) in [5.74, 6) is 1.05. The fourth-order valence-corrected chi connectivity index (χ4v) is 2.79. The molecular weight excluding hydrogens is 222 g/mol. The third-order valence-corrected chi connectivity index (χ3v) is 3.54. The summed E-state index contributed by atoms with van der Waals surface area (Å²) in [6.07, 6.45) is 1.15. The van der Waals surface area contributed by atoms with Crippen molar-refractivity contribution in [2.24, 2.45) is 0 Å². The molecule has 1 aliphatic heterocycles. The summed E-state index contributed by atoms with van der Waals surface area (Å²) in [5, 5.41) is 4.18. The van der Waals surface area contributed by atoms with Gasteiger partial charge in [0.25, 0.3) is 0 Å². The van der Waals surface area contributed by atoms with E-state index in [4.69, 9.17) is 11.6 Å². The van der Waals surface area contributed by atoms with E-state index < -0.39 is 0 Å². The van der Waals surface area contributed by atoms with Gasteiger partial charge in [-0.3, -0.25) is 0 Å². The number of fused-ring (bicyclic) bond motifs is 1. The van der Waals surface area contributed by atoms with E-state index in [9.17, 15) is 0 Å². The maximum Gasteiger partial charge on any atom is 0.107 e. The predicted octanol–water partition coefficient (Wildman–Crippen LogP) is 2.53. The van der Waals surface area contributed by atoms with Gasteiger partial charge in [-0.05, 0) is 32.0 Å². The Hall–Kier alpha value is -1.06. The zero-order chi connectivity index (χ0) is 11.1. The van der Waals surface area contributed by atoms with E-state index in [0.29, 0.717) is 6.04 Å². The largest absolute Gasteiger partial charge is 0.323 e. The first kappa shape index (κ1) is 10.1. The fourth-order valence-electron chi connectivity index (χ4n) is 2.53. The first-order valence-corrected chi connectivity index (χ1v) is 5.99. The van der Waals surface area contributed by atoms with E-state index in [0.717, 1.165) is 41.4 Å². The molecule has 1 aromatic heterocycles. The molecule has 1 fully saturated rings. The Morgan fingerprint density at radius 1 is 1.50 bits per heavy atom. The molecule has 3 nitrogen and oxygen atoms in total. The SMILES string of the molecule is Cc1nc2cccc(Cl)c2n1C1CCNC1. The quantitative estimate of drug-likeness (QED) is 0.823. The second-order valence-corrected chi connectivity index (χ2v) is 4.69. The first-order chi connectivity index (χ1) is 7.77. The Morgan fingerprint density at radius 2 is 2.38 bits per heavy atom. The minimum absolute atomic E-state index is 0.491. The van der Waals surface area contributed by atoms with E-state index in [1.165, 1.54) is 0 Å². The van der Waals surface area contributed by atoms with E-state index in [1.807, 2.05) is 18.2 Å². The summed E-state index contributed by atoms with van der Waals surface area (Å²) in [6.45, 7) is 4.14. The number of nitrogens with one attached hydrogen (secondary N) is 1. The Kier molecular flexibility index (Phi) is 2.37. The van der Waals surface area contributed by atoms with Gasteiger partial charge in [0.15, 0.2) is 0 Å². The second kappa shape index (κ2) is 3.75. The number of nitrogens with zero attached hydrogens (tertiary/aromatic N) is 2. The molecular formula is C12H14ClN3. The minimum atomic E-state index is 0.491. The molecule has 0 radical (unpaired) electrons. The number of benzene rings is 1. The summed E-state index contributed by atoms with van der Waals surface area (Å²) in [4.78, 5) is 4.57. The number of aryl methyl sites for hydroxylation is 1. The van der Waals surface area contributed by atoms with Crippen molar-refractivity contribution in [1.82, 2.24) is 14.9 Å². The molecule has 4 heteroatoms. The maximum absolute atomic E-state index is 6.27. The summed E-state index contributed by atoms with van der Waals surface area (Å²) in [7, 11) is 0. The highest BCUT2D eigenvalue weighted by atomic mass is 35.5. The highest BCUT2D eigenvalue weighted by molar-refractivity contribution is 6.35. The predicted molar refractivity (Wildman–Crippen MR) is 66.0 cm³/mol. The Balaban J connectivity index is 2.25. The molecule has 0 amide bonds. The Bertz CT molecular complexity index is 526. The van der Waals surface area contributed by atoms with Crippen LogP contribution in [0.1, 0.15) is 18.3 Å². The molecule has 1 aliphatic rings. The molecule has 84 valence electrons. The van der Waals surface area contributed by atoms with Crippen LogP contribution in [0.5, 0.6) is 0 Å². The van der Waals surface area contributed by atoms with Crippen molar-refractivity contribution in [3.63, 3.8) is 0 Å². The average Bonchev–Trinajstić information content (AvgIpc) is 2.84. The van der Waals surface area contributed by atoms with Crippen LogP contribution in [-0.2, 0) is 0 Å². The molecule has 0 saturated carbocycles. The van der Waals surface area contributed by atoms with Gasteiger partial charge >= 0.3 is 0 Å². The van der Waals surface area contributed by atoms with Gasteiger partial charge in [0, 0.05) is 12.6 Å². The molecule has 0 bridgehead atoms. The molecule has 3 rings (SSSR count). The third kappa shape index (κ3) is 1.43. The number of para-hydroxylation sites is 1. The van der Waals surface area contributed by atoms with E-state index in [2.05, 4.69) is 21.8 Å². The standard InChI is InChI=1S/C12H14ClN3/c1-8-15-11-4-2-3-10(13)12(11)16(8)9-5-6-14-7-9/h2-4,9,14H,5-7H2,1H3. The molecule has 1 N–H and O–H groups in total. The smallest absolute Gasteiger partial charge is 0.107 e. The lowest BCUT2D eigenvalue weighted by molar-refractivity contribution is 0.548. The van der Waals surface area contributed by atoms with Gasteiger partial charge in [0.1, 0.15) is 5.82 Å². The van der Waals surface area contributed by atoms with Crippen molar-refractivity contribution in [3.8, 4) is 0 Å². The van der Waals surface area contributed by atoms with Crippen LogP contribution < -0.4 is 5.32 Å². The highest BCUT2D eigenvalue weighted by Crippen LogP contribution is 2.29. The minimum Gasteiger partial charge on any atom is -0.323 e. The molecule has 2 aromatic rings. The molecule has 1 aromatic carbocycles.